The number of carbonyl (C=O) groups excluding carboxylic acids is 1. The van der Waals surface area contributed by atoms with Crippen LogP contribution < -0.4 is 11.1 Å². The van der Waals surface area contributed by atoms with E-state index < -0.39 is 0 Å². The number of amides is 1. The van der Waals surface area contributed by atoms with Gasteiger partial charge >= 0.3 is 0 Å². The van der Waals surface area contributed by atoms with Gasteiger partial charge in [-0.1, -0.05) is 18.2 Å². The molecule has 0 radical (unpaired) electrons. The molecule has 1 amide bonds. The molecule has 3 rings (SSSR count). The zero-order valence-corrected chi connectivity index (χ0v) is 12.4. The molecule has 5 heteroatoms. The van der Waals surface area contributed by atoms with Crippen LogP contribution in [-0.2, 0) is 11.2 Å². The molecule has 0 bridgehead atoms. The van der Waals surface area contributed by atoms with Crippen LogP contribution in [0.1, 0.15) is 24.8 Å². The molecule has 2 aliphatic heterocycles. The monoisotopic (exact) mass is 295 g/mol. The highest BCUT2D eigenvalue weighted by Gasteiger charge is 2.31. The van der Waals surface area contributed by atoms with E-state index in [9.17, 15) is 4.79 Å². The third kappa shape index (κ3) is 3.14. The van der Waals surface area contributed by atoms with Gasteiger partial charge in [-0.05, 0) is 43.9 Å². The van der Waals surface area contributed by atoms with Gasteiger partial charge in [-0.15, -0.1) is 12.4 Å². The van der Waals surface area contributed by atoms with Crippen LogP contribution in [0.4, 0.5) is 5.69 Å². The molecule has 20 heavy (non-hydrogen) atoms. The van der Waals surface area contributed by atoms with E-state index in [2.05, 4.69) is 16.3 Å². The number of piperidine rings is 1. The van der Waals surface area contributed by atoms with Gasteiger partial charge < -0.3 is 11.1 Å². The first-order valence-corrected chi connectivity index (χ1v) is 7.12. The van der Waals surface area contributed by atoms with Crippen LogP contribution in [-0.4, -0.2) is 36.0 Å². The Hall–Kier alpha value is -1.10. The highest BCUT2D eigenvalue weighted by molar-refractivity contribution is 5.96. The van der Waals surface area contributed by atoms with Crippen molar-refractivity contribution in [2.75, 3.05) is 18.4 Å². The number of para-hydroxylation sites is 1. The van der Waals surface area contributed by atoms with Gasteiger partial charge in [0.25, 0.3) is 0 Å². The number of fused-ring (bicyclic) bond motifs is 1. The van der Waals surface area contributed by atoms with Crippen LogP contribution in [0.3, 0.4) is 0 Å². The number of hydrogen-bond acceptors (Lipinski definition) is 3. The van der Waals surface area contributed by atoms with Gasteiger partial charge in [0, 0.05) is 18.3 Å². The number of carbonyl (C=O) groups is 1. The van der Waals surface area contributed by atoms with Crippen LogP contribution in [0.15, 0.2) is 24.3 Å². The summed E-state index contributed by atoms with van der Waals surface area (Å²) < 4.78 is 0. The summed E-state index contributed by atoms with van der Waals surface area (Å²) in [5, 5.41) is 3.06. The zero-order valence-electron chi connectivity index (χ0n) is 11.5. The van der Waals surface area contributed by atoms with E-state index >= 15 is 0 Å². The molecule has 1 saturated heterocycles. The highest BCUT2D eigenvalue weighted by Crippen LogP contribution is 2.25. The lowest BCUT2D eigenvalue weighted by Gasteiger charge is -2.35. The fraction of sp³-hybridized carbons (Fsp3) is 0.533. The van der Waals surface area contributed by atoms with Gasteiger partial charge in [-0.25, -0.2) is 0 Å². The fourth-order valence-electron chi connectivity index (χ4n) is 3.17. The van der Waals surface area contributed by atoms with Gasteiger partial charge in [0.2, 0.25) is 5.91 Å². The topological polar surface area (TPSA) is 58.4 Å². The summed E-state index contributed by atoms with van der Waals surface area (Å²) in [6.45, 7) is 1.83. The molecule has 0 saturated carbocycles. The molecule has 1 aromatic rings. The van der Waals surface area contributed by atoms with Crippen molar-refractivity contribution in [2.45, 2.75) is 37.8 Å². The van der Waals surface area contributed by atoms with Gasteiger partial charge in [-0.2, -0.15) is 0 Å². The van der Waals surface area contributed by atoms with Crippen molar-refractivity contribution in [2.24, 2.45) is 5.73 Å². The smallest absolute Gasteiger partial charge is 0.241 e. The van der Waals surface area contributed by atoms with Crippen LogP contribution in [0.5, 0.6) is 0 Å². The average molecular weight is 296 g/mol. The summed E-state index contributed by atoms with van der Waals surface area (Å²) in [6, 6.07) is 8.27. The largest absolute Gasteiger partial charge is 0.327 e. The Morgan fingerprint density at radius 2 is 2.05 bits per heavy atom. The third-order valence-corrected chi connectivity index (χ3v) is 4.20. The molecule has 1 aromatic carbocycles. The lowest BCUT2D eigenvalue weighted by Crippen LogP contribution is -2.51. The molecule has 2 heterocycles. The second kappa shape index (κ2) is 6.57. The molecule has 4 nitrogen and oxygen atoms in total. The second-order valence-corrected chi connectivity index (χ2v) is 5.60. The van der Waals surface area contributed by atoms with Gasteiger partial charge in [0.1, 0.15) is 0 Å². The highest BCUT2D eigenvalue weighted by atomic mass is 35.5. The van der Waals surface area contributed by atoms with E-state index in [-0.39, 0.29) is 30.4 Å². The molecule has 110 valence electrons. The average Bonchev–Trinajstić information content (AvgIpc) is 2.57. The molecule has 1 fully saturated rings. The van der Waals surface area contributed by atoms with Crippen molar-refractivity contribution < 1.29 is 4.79 Å². The van der Waals surface area contributed by atoms with Crippen LogP contribution >= 0.6 is 12.4 Å². The molecular formula is C15H22ClN3O. The number of nitrogens with zero attached hydrogens (tertiary/aromatic N) is 1. The normalized spacial score (nSPS) is 26.9. The number of hydrogen-bond donors (Lipinski definition) is 2. The molecule has 2 atom stereocenters. The minimum absolute atomic E-state index is 0. The van der Waals surface area contributed by atoms with Gasteiger partial charge in [0.05, 0.1) is 6.04 Å². The zero-order chi connectivity index (χ0) is 13.2. The SMILES string of the molecule is Cl.NC1CCCN(C2CCc3ccccc3NC2=O)C1. The number of nitrogens with two attached hydrogens (primary N) is 1. The van der Waals surface area contributed by atoms with E-state index in [1.54, 1.807) is 0 Å². The molecule has 0 aromatic heterocycles. The Kier molecular flexibility index (Phi) is 5.02. The van der Waals surface area contributed by atoms with Crippen LogP contribution in [0.2, 0.25) is 0 Å². The van der Waals surface area contributed by atoms with Crippen LogP contribution in [0.25, 0.3) is 0 Å². The van der Waals surface area contributed by atoms with Crippen molar-refractivity contribution in [3.63, 3.8) is 0 Å². The summed E-state index contributed by atoms with van der Waals surface area (Å²) >= 11 is 0. The molecule has 0 aliphatic carbocycles. The Labute approximate surface area is 126 Å². The minimum Gasteiger partial charge on any atom is -0.327 e. The van der Waals surface area contributed by atoms with Gasteiger partial charge in [-0.3, -0.25) is 9.69 Å². The van der Waals surface area contributed by atoms with Crippen molar-refractivity contribution in [1.82, 2.24) is 4.90 Å². The molecule has 2 aliphatic rings. The Morgan fingerprint density at radius 3 is 2.85 bits per heavy atom. The predicted octanol–water partition coefficient (Wildman–Crippen LogP) is 1.78. The number of rotatable bonds is 1. The van der Waals surface area contributed by atoms with Crippen molar-refractivity contribution in [1.29, 1.82) is 0 Å². The Balaban J connectivity index is 0.00000147. The first-order valence-electron chi connectivity index (χ1n) is 7.12. The number of nitrogens with one attached hydrogen (secondary N) is 1. The lowest BCUT2D eigenvalue weighted by atomic mass is 10.0. The van der Waals surface area contributed by atoms with E-state index in [1.165, 1.54) is 5.56 Å². The summed E-state index contributed by atoms with van der Waals surface area (Å²) in [6.07, 6.45) is 4.00. The maximum Gasteiger partial charge on any atom is 0.241 e. The fourth-order valence-corrected chi connectivity index (χ4v) is 3.17. The lowest BCUT2D eigenvalue weighted by molar-refractivity contribution is -0.121. The minimum atomic E-state index is -0.0289. The van der Waals surface area contributed by atoms with Gasteiger partial charge in [0.15, 0.2) is 0 Å². The Morgan fingerprint density at radius 1 is 1.25 bits per heavy atom. The van der Waals surface area contributed by atoms with Crippen molar-refractivity contribution >= 4 is 24.0 Å². The van der Waals surface area contributed by atoms with Crippen LogP contribution in [0, 0.1) is 0 Å². The Bertz CT molecular complexity index is 480. The second-order valence-electron chi connectivity index (χ2n) is 5.60. The molecule has 2 unspecified atom stereocenters. The number of benzene rings is 1. The first kappa shape index (κ1) is 15.3. The molecule has 3 N–H and O–H groups in total. The number of halogens is 1. The standard InChI is InChI=1S/C15H21N3O.ClH/c16-12-5-3-9-18(10-12)14-8-7-11-4-1-2-6-13(11)17-15(14)19;/h1-2,4,6,12,14H,3,5,7-10,16H2,(H,17,19);1H. The predicted molar refractivity (Wildman–Crippen MR) is 83.2 cm³/mol. The maximum atomic E-state index is 12.4. The van der Waals surface area contributed by atoms with Crippen molar-refractivity contribution in [3.8, 4) is 0 Å². The quantitative estimate of drug-likeness (QED) is 0.830. The summed E-state index contributed by atoms with van der Waals surface area (Å²) in [5.74, 6) is 0.124. The molecular weight excluding hydrogens is 274 g/mol. The first-order chi connectivity index (χ1) is 9.24. The number of likely N-dealkylation sites (tertiary alicyclic amines) is 1. The maximum absolute atomic E-state index is 12.4. The molecule has 0 spiro atoms. The summed E-state index contributed by atoms with van der Waals surface area (Å²) in [7, 11) is 0. The number of anilines is 1. The summed E-state index contributed by atoms with van der Waals surface area (Å²) in [5.41, 5.74) is 8.23. The summed E-state index contributed by atoms with van der Waals surface area (Å²) in [4.78, 5) is 14.6. The van der Waals surface area contributed by atoms with E-state index in [0.29, 0.717) is 0 Å². The third-order valence-electron chi connectivity index (χ3n) is 4.20. The van der Waals surface area contributed by atoms with Crippen molar-refractivity contribution in [3.05, 3.63) is 29.8 Å². The number of aryl methyl sites for hydroxylation is 1. The van der Waals surface area contributed by atoms with E-state index in [1.807, 2.05) is 18.2 Å². The van der Waals surface area contributed by atoms with E-state index in [4.69, 9.17) is 5.73 Å². The van der Waals surface area contributed by atoms with E-state index in [0.717, 1.165) is 44.5 Å².